The van der Waals surface area contributed by atoms with Crippen LogP contribution in [0.25, 0.3) is 16.7 Å². The average Bonchev–Trinajstić information content (AvgIpc) is 2.74. The second kappa shape index (κ2) is 5.04. The predicted octanol–water partition coefficient (Wildman–Crippen LogP) is 5.04. The summed E-state index contributed by atoms with van der Waals surface area (Å²) in [6.45, 7) is 2.08. The van der Waals surface area contributed by atoms with Gasteiger partial charge in [0.1, 0.15) is 5.82 Å². The van der Waals surface area contributed by atoms with E-state index in [9.17, 15) is 4.39 Å². The zero-order valence-electron chi connectivity index (χ0n) is 10.8. The maximum absolute atomic E-state index is 13.7. The van der Waals surface area contributed by atoms with Gasteiger partial charge in [0.25, 0.3) is 0 Å². The van der Waals surface area contributed by atoms with E-state index in [1.807, 2.05) is 28.8 Å². The van der Waals surface area contributed by atoms with E-state index < -0.39 is 5.82 Å². The van der Waals surface area contributed by atoms with Gasteiger partial charge in [0.2, 0.25) is 0 Å². The molecule has 0 saturated carbocycles. The number of hydrogen-bond acceptors (Lipinski definition) is 1. The van der Waals surface area contributed by atoms with Gasteiger partial charge in [-0.1, -0.05) is 36.7 Å². The Balaban J connectivity index is 2.39. The molecule has 0 aliphatic rings. The minimum atomic E-state index is -0.448. The topological polar surface area (TPSA) is 20.7 Å². The van der Waals surface area contributed by atoms with Crippen LogP contribution in [0.15, 0.2) is 36.4 Å². The third-order valence-corrected chi connectivity index (χ3v) is 3.91. The van der Waals surface area contributed by atoms with E-state index in [2.05, 4.69) is 11.9 Å². The van der Waals surface area contributed by atoms with E-state index in [1.165, 1.54) is 6.07 Å². The van der Waals surface area contributed by atoms with Crippen molar-refractivity contribution >= 4 is 34.9 Å². The molecule has 0 bridgehead atoms. The lowest BCUT2D eigenvalue weighted by Crippen LogP contribution is -1.99. The molecule has 2 nitrogen and oxygen atoms in total. The van der Waals surface area contributed by atoms with E-state index in [0.29, 0.717) is 10.3 Å². The van der Waals surface area contributed by atoms with Crippen molar-refractivity contribution in [2.45, 2.75) is 13.3 Å². The lowest BCUT2D eigenvalue weighted by Gasteiger charge is -2.10. The number of halogens is 2. The fourth-order valence-electron chi connectivity index (χ4n) is 2.37. The number of fused-ring (bicyclic) bond motifs is 1. The molecular weight excluding hydrogens is 295 g/mol. The van der Waals surface area contributed by atoms with E-state index in [4.69, 9.17) is 23.8 Å². The Morgan fingerprint density at radius 1 is 1.30 bits per heavy atom. The smallest absolute Gasteiger partial charge is 0.182 e. The van der Waals surface area contributed by atoms with Crippen LogP contribution in [0.4, 0.5) is 4.39 Å². The first kappa shape index (κ1) is 13.3. The summed E-state index contributed by atoms with van der Waals surface area (Å²) in [7, 11) is 0. The van der Waals surface area contributed by atoms with E-state index in [0.717, 1.165) is 23.2 Å². The maximum atomic E-state index is 13.7. The number of rotatable bonds is 2. The summed E-state index contributed by atoms with van der Waals surface area (Å²) in [6.07, 6.45) is 0.876. The average molecular weight is 307 g/mol. The summed E-state index contributed by atoms with van der Waals surface area (Å²) in [4.78, 5) is 3.07. The minimum Gasteiger partial charge on any atom is -0.330 e. The van der Waals surface area contributed by atoms with Crippen molar-refractivity contribution in [2.24, 2.45) is 0 Å². The van der Waals surface area contributed by atoms with Crippen LogP contribution in [0.3, 0.4) is 0 Å². The molecule has 102 valence electrons. The maximum Gasteiger partial charge on any atom is 0.182 e. The summed E-state index contributed by atoms with van der Waals surface area (Å²) < 4.78 is 16.1. The minimum absolute atomic E-state index is 0.0877. The number of aromatic nitrogens is 2. The van der Waals surface area contributed by atoms with E-state index in [-0.39, 0.29) is 5.02 Å². The molecule has 1 heterocycles. The standard InChI is InChI=1S/C15H12ClFN2S/c1-2-9-5-3-4-6-13(9)19-14-8-11(17)10(16)7-12(14)18-15(19)20/h3-8H,2H2,1H3,(H,18,20). The van der Waals surface area contributed by atoms with Crippen LogP contribution in [0.2, 0.25) is 5.02 Å². The number of nitrogens with zero attached hydrogens (tertiary/aromatic N) is 1. The van der Waals surface area contributed by atoms with Crippen molar-refractivity contribution < 1.29 is 4.39 Å². The molecule has 1 N–H and O–H groups in total. The highest BCUT2D eigenvalue weighted by Gasteiger charge is 2.12. The highest BCUT2D eigenvalue weighted by molar-refractivity contribution is 7.71. The molecule has 3 aromatic rings. The van der Waals surface area contributed by atoms with Gasteiger partial charge >= 0.3 is 0 Å². The van der Waals surface area contributed by atoms with Crippen molar-refractivity contribution in [2.75, 3.05) is 0 Å². The Kier molecular flexibility index (Phi) is 3.36. The monoisotopic (exact) mass is 306 g/mol. The van der Waals surface area contributed by atoms with Crippen LogP contribution in [0.1, 0.15) is 12.5 Å². The predicted molar refractivity (Wildman–Crippen MR) is 82.8 cm³/mol. The first-order valence-electron chi connectivity index (χ1n) is 6.30. The SMILES string of the molecule is CCc1ccccc1-n1c(=S)[nH]c2cc(Cl)c(F)cc21. The first-order valence-corrected chi connectivity index (χ1v) is 7.08. The molecule has 20 heavy (non-hydrogen) atoms. The number of aromatic amines is 1. The van der Waals surface area contributed by atoms with Gasteiger partial charge in [0, 0.05) is 6.07 Å². The van der Waals surface area contributed by atoms with Gasteiger partial charge in [-0.25, -0.2) is 4.39 Å². The number of H-pyrrole nitrogens is 1. The van der Waals surface area contributed by atoms with Crippen LogP contribution < -0.4 is 0 Å². The first-order chi connectivity index (χ1) is 9.61. The highest BCUT2D eigenvalue weighted by atomic mass is 35.5. The fourth-order valence-corrected chi connectivity index (χ4v) is 2.84. The second-order valence-corrected chi connectivity index (χ2v) is 5.33. The van der Waals surface area contributed by atoms with Crippen molar-refractivity contribution in [3.05, 3.63) is 57.6 Å². The van der Waals surface area contributed by atoms with E-state index in [1.54, 1.807) is 6.07 Å². The van der Waals surface area contributed by atoms with Crippen molar-refractivity contribution in [1.82, 2.24) is 9.55 Å². The molecular formula is C15H12ClFN2S. The molecule has 0 amide bonds. The van der Waals surface area contributed by atoms with Crippen molar-refractivity contribution in [1.29, 1.82) is 0 Å². The Labute approximate surface area is 125 Å². The van der Waals surface area contributed by atoms with Gasteiger partial charge in [-0.05, 0) is 36.3 Å². The van der Waals surface area contributed by atoms with Crippen molar-refractivity contribution in [3.8, 4) is 5.69 Å². The highest BCUT2D eigenvalue weighted by Crippen LogP contribution is 2.26. The third-order valence-electron chi connectivity index (χ3n) is 3.34. The van der Waals surface area contributed by atoms with Crippen LogP contribution in [-0.4, -0.2) is 9.55 Å². The fraction of sp³-hybridized carbons (Fsp3) is 0.133. The molecule has 0 spiro atoms. The summed E-state index contributed by atoms with van der Waals surface area (Å²) in [5, 5.41) is 0.0877. The van der Waals surface area contributed by atoms with Crippen LogP contribution in [-0.2, 0) is 6.42 Å². The summed E-state index contributed by atoms with van der Waals surface area (Å²) >= 11 is 11.2. The molecule has 5 heteroatoms. The Hall–Kier alpha value is -1.65. The second-order valence-electron chi connectivity index (χ2n) is 4.53. The van der Waals surface area contributed by atoms with Gasteiger partial charge in [0.05, 0.1) is 21.7 Å². The van der Waals surface area contributed by atoms with Crippen molar-refractivity contribution in [3.63, 3.8) is 0 Å². The summed E-state index contributed by atoms with van der Waals surface area (Å²) in [6, 6.07) is 10.9. The molecule has 0 fully saturated rings. The normalized spacial score (nSPS) is 11.2. The Bertz CT molecular complexity index is 851. The number of nitrogens with one attached hydrogen (secondary N) is 1. The van der Waals surface area contributed by atoms with Gasteiger partial charge in [-0.15, -0.1) is 0 Å². The Morgan fingerprint density at radius 3 is 2.80 bits per heavy atom. The molecule has 3 rings (SSSR count). The summed E-state index contributed by atoms with van der Waals surface area (Å²) in [5.41, 5.74) is 3.54. The van der Waals surface area contributed by atoms with Crippen LogP contribution in [0, 0.1) is 10.6 Å². The number of imidazole rings is 1. The lowest BCUT2D eigenvalue weighted by molar-refractivity contribution is 0.629. The zero-order chi connectivity index (χ0) is 14.3. The van der Waals surface area contributed by atoms with Gasteiger partial charge < -0.3 is 4.98 Å². The quantitative estimate of drug-likeness (QED) is 0.658. The third kappa shape index (κ3) is 2.05. The number of aryl methyl sites for hydroxylation is 1. The Morgan fingerprint density at radius 2 is 2.05 bits per heavy atom. The molecule has 0 atom stereocenters. The molecule has 0 aliphatic heterocycles. The lowest BCUT2D eigenvalue weighted by atomic mass is 10.1. The summed E-state index contributed by atoms with van der Waals surface area (Å²) in [5.74, 6) is -0.448. The van der Waals surface area contributed by atoms with Crippen LogP contribution in [0.5, 0.6) is 0 Å². The van der Waals surface area contributed by atoms with Gasteiger partial charge in [0.15, 0.2) is 4.77 Å². The van der Waals surface area contributed by atoms with Crippen LogP contribution >= 0.6 is 23.8 Å². The number of benzene rings is 2. The largest absolute Gasteiger partial charge is 0.330 e. The molecule has 0 radical (unpaired) electrons. The molecule has 0 saturated heterocycles. The number of hydrogen-bond donors (Lipinski definition) is 1. The molecule has 2 aromatic carbocycles. The molecule has 0 unspecified atom stereocenters. The molecule has 0 aliphatic carbocycles. The molecule has 1 aromatic heterocycles. The zero-order valence-corrected chi connectivity index (χ0v) is 12.4. The van der Waals surface area contributed by atoms with E-state index >= 15 is 0 Å². The van der Waals surface area contributed by atoms with Gasteiger partial charge in [-0.2, -0.15) is 0 Å². The number of para-hydroxylation sites is 1. The van der Waals surface area contributed by atoms with Gasteiger partial charge in [-0.3, -0.25) is 4.57 Å².